The summed E-state index contributed by atoms with van der Waals surface area (Å²) in [5.41, 5.74) is 1.26. The van der Waals surface area contributed by atoms with Crippen LogP contribution in [0.5, 0.6) is 0 Å². The molecule has 25 heavy (non-hydrogen) atoms. The number of aryl methyl sites for hydroxylation is 1. The number of aromatic nitrogens is 2. The van der Waals surface area contributed by atoms with Crippen LogP contribution in [0.1, 0.15) is 61.5 Å². The molecule has 1 aromatic rings. The number of amides is 2. The quantitative estimate of drug-likeness (QED) is 0.890. The van der Waals surface area contributed by atoms with Crippen LogP contribution >= 0.6 is 0 Å². The third-order valence-electron chi connectivity index (χ3n) is 6.09. The molecule has 3 heterocycles. The largest absolute Gasteiger partial charge is 0.342 e. The Morgan fingerprint density at radius 3 is 2.96 bits per heavy atom. The molecule has 2 aliphatic heterocycles. The molecular weight excluding hydrogens is 316 g/mol. The lowest BCUT2D eigenvalue weighted by molar-refractivity contribution is -0.145. The average molecular weight is 344 g/mol. The lowest BCUT2D eigenvalue weighted by Gasteiger charge is -2.39. The van der Waals surface area contributed by atoms with Crippen molar-refractivity contribution in [2.75, 3.05) is 26.2 Å². The van der Waals surface area contributed by atoms with Gasteiger partial charge < -0.3 is 9.80 Å². The summed E-state index contributed by atoms with van der Waals surface area (Å²) >= 11 is 0. The Balaban J connectivity index is 1.47. The Morgan fingerprint density at radius 2 is 2.20 bits per heavy atom. The van der Waals surface area contributed by atoms with E-state index < -0.39 is 0 Å². The topological polar surface area (TPSA) is 69.3 Å². The fourth-order valence-electron chi connectivity index (χ4n) is 4.47. The summed E-state index contributed by atoms with van der Waals surface area (Å²) in [6, 6.07) is 0. The van der Waals surface area contributed by atoms with Gasteiger partial charge in [-0.2, -0.15) is 5.10 Å². The molecule has 1 spiro atoms. The van der Waals surface area contributed by atoms with Crippen molar-refractivity contribution in [2.24, 2.45) is 11.3 Å². The lowest BCUT2D eigenvalue weighted by Crippen LogP contribution is -2.51. The Bertz CT molecular complexity index is 666. The predicted octanol–water partition coefficient (Wildman–Crippen LogP) is 2.23. The maximum absolute atomic E-state index is 13.1. The minimum Gasteiger partial charge on any atom is -0.342 e. The fourth-order valence-corrected chi connectivity index (χ4v) is 4.47. The smallest absolute Gasteiger partial charge is 0.257 e. The molecule has 136 valence electrons. The van der Waals surface area contributed by atoms with E-state index >= 15 is 0 Å². The number of nitrogens with zero attached hydrogens (tertiary/aromatic N) is 3. The maximum Gasteiger partial charge on any atom is 0.257 e. The number of aromatic amines is 1. The van der Waals surface area contributed by atoms with Gasteiger partial charge in [0.2, 0.25) is 5.91 Å². The zero-order valence-electron chi connectivity index (χ0n) is 15.1. The Kier molecular flexibility index (Phi) is 4.29. The van der Waals surface area contributed by atoms with Crippen LogP contribution in [0, 0.1) is 11.3 Å². The SMILES string of the molecule is CCCc1[nH]ncc1C(=O)N1CC[C@@]2(CCCN(CC3CC3)C2=O)C1. The summed E-state index contributed by atoms with van der Waals surface area (Å²) in [5, 5.41) is 7.01. The van der Waals surface area contributed by atoms with Crippen molar-refractivity contribution < 1.29 is 9.59 Å². The van der Waals surface area contributed by atoms with Gasteiger partial charge >= 0.3 is 0 Å². The molecule has 1 aliphatic carbocycles. The fraction of sp³-hybridized carbons (Fsp3) is 0.737. The van der Waals surface area contributed by atoms with E-state index in [1.807, 2.05) is 4.90 Å². The highest BCUT2D eigenvalue weighted by atomic mass is 16.2. The minimum atomic E-state index is -0.336. The first kappa shape index (κ1) is 16.6. The summed E-state index contributed by atoms with van der Waals surface area (Å²) in [5.74, 6) is 1.05. The van der Waals surface area contributed by atoms with E-state index in [1.54, 1.807) is 6.20 Å². The van der Waals surface area contributed by atoms with Crippen molar-refractivity contribution in [3.05, 3.63) is 17.5 Å². The molecule has 6 heteroatoms. The second-order valence-electron chi connectivity index (χ2n) is 8.07. The van der Waals surface area contributed by atoms with Crippen LogP contribution in [0.2, 0.25) is 0 Å². The summed E-state index contributed by atoms with van der Waals surface area (Å²) in [6.45, 7) is 5.17. The average Bonchev–Trinajstić information content (AvgIpc) is 3.14. The van der Waals surface area contributed by atoms with Crippen LogP contribution in [0.15, 0.2) is 6.20 Å². The number of carbonyl (C=O) groups is 2. The first-order valence-corrected chi connectivity index (χ1v) is 9.74. The highest BCUT2D eigenvalue weighted by molar-refractivity contribution is 5.96. The number of likely N-dealkylation sites (tertiary alicyclic amines) is 2. The highest BCUT2D eigenvalue weighted by Gasteiger charge is 2.50. The van der Waals surface area contributed by atoms with Crippen LogP contribution in [0.3, 0.4) is 0 Å². The van der Waals surface area contributed by atoms with Crippen LogP contribution in [-0.4, -0.2) is 58.0 Å². The molecule has 1 N–H and O–H groups in total. The van der Waals surface area contributed by atoms with Crippen molar-refractivity contribution >= 4 is 11.8 Å². The summed E-state index contributed by atoms with van der Waals surface area (Å²) < 4.78 is 0. The minimum absolute atomic E-state index is 0.0289. The molecule has 4 rings (SSSR count). The number of nitrogens with one attached hydrogen (secondary N) is 1. The second kappa shape index (κ2) is 6.46. The zero-order valence-corrected chi connectivity index (χ0v) is 15.1. The number of hydrogen-bond donors (Lipinski definition) is 1. The van der Waals surface area contributed by atoms with Crippen molar-refractivity contribution in [1.82, 2.24) is 20.0 Å². The molecule has 2 amide bonds. The normalized spacial score (nSPS) is 26.7. The third kappa shape index (κ3) is 3.07. The van der Waals surface area contributed by atoms with Gasteiger partial charge in [-0.15, -0.1) is 0 Å². The summed E-state index contributed by atoms with van der Waals surface area (Å²) in [4.78, 5) is 30.0. The van der Waals surface area contributed by atoms with Gasteiger partial charge in [-0.1, -0.05) is 13.3 Å². The van der Waals surface area contributed by atoms with Crippen molar-refractivity contribution in [2.45, 2.75) is 51.9 Å². The van der Waals surface area contributed by atoms with Gasteiger partial charge in [0.1, 0.15) is 0 Å². The van der Waals surface area contributed by atoms with Gasteiger partial charge in [0.05, 0.1) is 17.2 Å². The first-order valence-electron chi connectivity index (χ1n) is 9.74. The van der Waals surface area contributed by atoms with Gasteiger partial charge in [-0.25, -0.2) is 0 Å². The highest BCUT2D eigenvalue weighted by Crippen LogP contribution is 2.42. The molecule has 0 unspecified atom stereocenters. The molecule has 3 fully saturated rings. The number of H-pyrrole nitrogens is 1. The Labute approximate surface area is 148 Å². The van der Waals surface area contributed by atoms with Gasteiger partial charge in [0.15, 0.2) is 0 Å². The molecule has 6 nitrogen and oxygen atoms in total. The lowest BCUT2D eigenvalue weighted by atomic mass is 9.78. The molecule has 0 aromatic carbocycles. The van der Waals surface area contributed by atoms with Crippen molar-refractivity contribution in [1.29, 1.82) is 0 Å². The maximum atomic E-state index is 13.1. The molecule has 1 saturated carbocycles. The molecular formula is C19H28N4O2. The van der Waals surface area contributed by atoms with E-state index in [9.17, 15) is 9.59 Å². The van der Waals surface area contributed by atoms with Crippen LogP contribution in [0.4, 0.5) is 0 Å². The molecule has 1 aromatic heterocycles. The summed E-state index contributed by atoms with van der Waals surface area (Å²) in [6.07, 6.45) is 8.76. The monoisotopic (exact) mass is 344 g/mol. The molecule has 2 saturated heterocycles. The van der Waals surface area contributed by atoms with Crippen LogP contribution in [-0.2, 0) is 11.2 Å². The molecule has 3 aliphatic rings. The van der Waals surface area contributed by atoms with E-state index in [0.29, 0.717) is 24.6 Å². The Hall–Kier alpha value is -1.85. The van der Waals surface area contributed by atoms with E-state index in [0.717, 1.165) is 56.8 Å². The van der Waals surface area contributed by atoms with Crippen molar-refractivity contribution in [3.63, 3.8) is 0 Å². The van der Waals surface area contributed by atoms with E-state index in [-0.39, 0.29) is 11.3 Å². The van der Waals surface area contributed by atoms with Gasteiger partial charge in [-0.3, -0.25) is 14.7 Å². The number of hydrogen-bond acceptors (Lipinski definition) is 3. The van der Waals surface area contributed by atoms with E-state index in [4.69, 9.17) is 0 Å². The zero-order chi connectivity index (χ0) is 17.4. The number of piperidine rings is 1. The van der Waals surface area contributed by atoms with Crippen molar-refractivity contribution in [3.8, 4) is 0 Å². The van der Waals surface area contributed by atoms with Gasteiger partial charge in [0, 0.05) is 31.9 Å². The summed E-state index contributed by atoms with van der Waals surface area (Å²) in [7, 11) is 0. The molecule has 1 atom stereocenters. The van der Waals surface area contributed by atoms with Crippen LogP contribution in [0.25, 0.3) is 0 Å². The third-order valence-corrected chi connectivity index (χ3v) is 6.09. The predicted molar refractivity (Wildman–Crippen MR) is 94.1 cm³/mol. The van der Waals surface area contributed by atoms with Gasteiger partial charge in [0.25, 0.3) is 5.91 Å². The molecule has 0 radical (unpaired) electrons. The van der Waals surface area contributed by atoms with E-state index in [1.165, 1.54) is 12.8 Å². The second-order valence-corrected chi connectivity index (χ2v) is 8.07. The molecule has 0 bridgehead atoms. The van der Waals surface area contributed by atoms with E-state index in [2.05, 4.69) is 22.0 Å². The first-order chi connectivity index (χ1) is 12.1. The van der Waals surface area contributed by atoms with Gasteiger partial charge in [-0.05, 0) is 44.4 Å². The Morgan fingerprint density at radius 1 is 1.36 bits per heavy atom. The number of carbonyl (C=O) groups excluding carboxylic acids is 2. The van der Waals surface area contributed by atoms with Crippen LogP contribution < -0.4 is 0 Å². The number of rotatable bonds is 5. The standard InChI is InChI=1S/C19H28N4O2/c1-2-4-16-15(11-20-21-16)17(24)23-10-8-19(13-23)7-3-9-22(18(19)25)12-14-5-6-14/h11,14H,2-10,12-13H2,1H3,(H,20,21)/t19-/m0/s1.